The normalized spacial score (nSPS) is 24.8. The average molecular weight is 357 g/mol. The lowest BCUT2D eigenvalue weighted by Crippen LogP contribution is -2.41. The van der Waals surface area contributed by atoms with Gasteiger partial charge >= 0.3 is 0 Å². The van der Waals surface area contributed by atoms with E-state index in [-0.39, 0.29) is 18.1 Å². The van der Waals surface area contributed by atoms with Gasteiger partial charge in [0.05, 0.1) is 22.6 Å². The van der Waals surface area contributed by atoms with Crippen LogP contribution < -0.4 is 0 Å². The van der Waals surface area contributed by atoms with Crippen molar-refractivity contribution in [1.29, 1.82) is 5.26 Å². The zero-order chi connectivity index (χ0) is 16.9. The summed E-state index contributed by atoms with van der Waals surface area (Å²) in [7, 11) is 0. The van der Waals surface area contributed by atoms with E-state index < -0.39 is 12.5 Å². The molecule has 3 rings (SSSR count). The molecule has 0 radical (unpaired) electrons. The molecule has 2 fully saturated rings. The molecular weight excluding hydrogens is 336 g/mol. The zero-order valence-electron chi connectivity index (χ0n) is 13.4. The van der Waals surface area contributed by atoms with Gasteiger partial charge in [0.25, 0.3) is 6.43 Å². The highest BCUT2D eigenvalue weighted by molar-refractivity contribution is 7.09. The second kappa shape index (κ2) is 8.30. The second-order valence-electron chi connectivity index (χ2n) is 6.10. The summed E-state index contributed by atoms with van der Waals surface area (Å²) in [6.07, 6.45) is 2.05. The Bertz CT molecular complexity index is 564. The van der Waals surface area contributed by atoms with Crippen molar-refractivity contribution in [3.05, 3.63) is 16.1 Å². The molecule has 1 aromatic rings. The largest absolute Gasteiger partial charge is 0.353 e. The summed E-state index contributed by atoms with van der Waals surface area (Å²) in [5.41, 5.74) is 1.12. The Labute approximate surface area is 144 Å². The molecule has 0 N–H and O–H groups in total. The quantitative estimate of drug-likeness (QED) is 0.805. The van der Waals surface area contributed by atoms with Crippen molar-refractivity contribution < 1.29 is 18.3 Å². The van der Waals surface area contributed by atoms with Crippen LogP contribution in [0.3, 0.4) is 0 Å². The lowest BCUT2D eigenvalue weighted by Gasteiger charge is -2.36. The van der Waals surface area contributed by atoms with Gasteiger partial charge in [-0.2, -0.15) is 5.26 Å². The Balaban J connectivity index is 1.56. The number of ether oxygens (including phenoxy) is 2. The standard InChI is InChI=1S/C16H21F2N3O2S/c17-16(18)14-15(24-10-20-14)12(9-19)21-6-4-11(5-7-21)23-13-3-1-2-8-22-13/h10-13,16H,1-8H2. The van der Waals surface area contributed by atoms with Crippen LogP contribution in [-0.4, -0.2) is 42.0 Å². The van der Waals surface area contributed by atoms with Gasteiger partial charge in [-0.25, -0.2) is 13.8 Å². The Morgan fingerprint density at radius 2 is 2.12 bits per heavy atom. The third kappa shape index (κ3) is 4.09. The lowest BCUT2D eigenvalue weighted by atomic mass is 10.0. The smallest absolute Gasteiger partial charge is 0.281 e. The van der Waals surface area contributed by atoms with Gasteiger partial charge in [0.15, 0.2) is 6.29 Å². The zero-order valence-corrected chi connectivity index (χ0v) is 14.2. The maximum atomic E-state index is 13.0. The highest BCUT2D eigenvalue weighted by atomic mass is 32.1. The van der Waals surface area contributed by atoms with Crippen molar-refractivity contribution in [3.63, 3.8) is 0 Å². The molecule has 2 aliphatic heterocycles. The van der Waals surface area contributed by atoms with Crippen LogP contribution in [0.4, 0.5) is 8.78 Å². The van der Waals surface area contributed by atoms with Crippen molar-refractivity contribution in [2.45, 2.75) is 57.0 Å². The van der Waals surface area contributed by atoms with E-state index in [2.05, 4.69) is 11.1 Å². The molecule has 0 aliphatic carbocycles. The van der Waals surface area contributed by atoms with Gasteiger partial charge in [-0.05, 0) is 32.1 Å². The Kier molecular flexibility index (Phi) is 6.11. The first kappa shape index (κ1) is 17.7. The molecule has 2 aliphatic rings. The minimum atomic E-state index is -2.65. The summed E-state index contributed by atoms with van der Waals surface area (Å²) in [6.45, 7) is 2.05. The summed E-state index contributed by atoms with van der Waals surface area (Å²) in [4.78, 5) is 6.03. The molecule has 132 valence electrons. The predicted molar refractivity (Wildman–Crippen MR) is 84.7 cm³/mol. The van der Waals surface area contributed by atoms with Crippen molar-refractivity contribution in [2.75, 3.05) is 19.7 Å². The average Bonchev–Trinajstić information content (AvgIpc) is 3.08. The third-order valence-electron chi connectivity index (χ3n) is 4.53. The molecule has 0 bridgehead atoms. The molecule has 0 saturated carbocycles. The first-order valence-corrected chi connectivity index (χ1v) is 9.19. The fourth-order valence-corrected chi connectivity index (χ4v) is 4.11. The first-order chi connectivity index (χ1) is 11.7. The van der Waals surface area contributed by atoms with E-state index in [9.17, 15) is 14.0 Å². The van der Waals surface area contributed by atoms with Crippen LogP contribution in [0.25, 0.3) is 0 Å². The summed E-state index contributed by atoms with van der Waals surface area (Å²) >= 11 is 1.13. The van der Waals surface area contributed by atoms with Crippen LogP contribution in [0.15, 0.2) is 5.51 Å². The van der Waals surface area contributed by atoms with Crippen LogP contribution in [-0.2, 0) is 9.47 Å². The SMILES string of the molecule is N#CC(c1scnc1C(F)F)N1CCC(OC2CCCCO2)CC1. The molecule has 2 unspecified atom stereocenters. The number of rotatable bonds is 5. The lowest BCUT2D eigenvalue weighted by molar-refractivity contribution is -0.195. The highest BCUT2D eigenvalue weighted by Gasteiger charge is 2.32. The van der Waals surface area contributed by atoms with Crippen molar-refractivity contribution >= 4 is 11.3 Å². The topological polar surface area (TPSA) is 58.4 Å². The minimum Gasteiger partial charge on any atom is -0.353 e. The molecular formula is C16H21F2N3O2S. The van der Waals surface area contributed by atoms with Gasteiger partial charge in [0.2, 0.25) is 0 Å². The number of nitrogens with zero attached hydrogens (tertiary/aromatic N) is 3. The van der Waals surface area contributed by atoms with E-state index in [0.29, 0.717) is 18.0 Å². The monoisotopic (exact) mass is 357 g/mol. The van der Waals surface area contributed by atoms with E-state index >= 15 is 0 Å². The number of hydrogen-bond acceptors (Lipinski definition) is 6. The number of aromatic nitrogens is 1. The van der Waals surface area contributed by atoms with E-state index in [1.165, 1.54) is 5.51 Å². The van der Waals surface area contributed by atoms with Gasteiger partial charge in [0, 0.05) is 19.7 Å². The fraction of sp³-hybridized carbons (Fsp3) is 0.750. The fourth-order valence-electron chi connectivity index (χ4n) is 3.24. The van der Waals surface area contributed by atoms with Crippen LogP contribution >= 0.6 is 11.3 Å². The molecule has 1 aromatic heterocycles. The minimum absolute atomic E-state index is 0.111. The molecule has 24 heavy (non-hydrogen) atoms. The van der Waals surface area contributed by atoms with E-state index in [0.717, 1.165) is 50.0 Å². The summed E-state index contributed by atoms with van der Waals surface area (Å²) in [5, 5.41) is 9.47. The summed E-state index contributed by atoms with van der Waals surface area (Å²) in [6, 6.07) is 1.50. The third-order valence-corrected chi connectivity index (χ3v) is 5.42. The second-order valence-corrected chi connectivity index (χ2v) is 6.99. The van der Waals surface area contributed by atoms with Crippen molar-refractivity contribution in [3.8, 4) is 6.07 Å². The number of hydrogen-bond donors (Lipinski definition) is 0. The Morgan fingerprint density at radius 3 is 2.75 bits per heavy atom. The summed E-state index contributed by atoms with van der Waals surface area (Å²) in [5.74, 6) is 0. The number of piperidine rings is 1. The van der Waals surface area contributed by atoms with Crippen LogP contribution in [0.1, 0.15) is 55.1 Å². The van der Waals surface area contributed by atoms with E-state index in [1.54, 1.807) is 0 Å². The Hall–Kier alpha value is -1.14. The van der Waals surface area contributed by atoms with Crippen LogP contribution in [0, 0.1) is 11.3 Å². The van der Waals surface area contributed by atoms with Crippen molar-refractivity contribution in [1.82, 2.24) is 9.88 Å². The van der Waals surface area contributed by atoms with Gasteiger partial charge in [0.1, 0.15) is 11.7 Å². The van der Waals surface area contributed by atoms with Gasteiger partial charge in [-0.1, -0.05) is 0 Å². The van der Waals surface area contributed by atoms with Gasteiger partial charge in [-0.15, -0.1) is 11.3 Å². The number of likely N-dealkylation sites (tertiary alicyclic amines) is 1. The highest BCUT2D eigenvalue weighted by Crippen LogP contribution is 2.34. The number of alkyl halides is 2. The molecule has 0 aromatic carbocycles. The molecule has 2 atom stereocenters. The van der Waals surface area contributed by atoms with Gasteiger partial charge < -0.3 is 9.47 Å². The van der Waals surface area contributed by atoms with Crippen molar-refractivity contribution in [2.24, 2.45) is 0 Å². The maximum absolute atomic E-state index is 13.0. The molecule has 5 nitrogen and oxygen atoms in total. The predicted octanol–water partition coefficient (Wildman–Crippen LogP) is 3.65. The molecule has 3 heterocycles. The van der Waals surface area contributed by atoms with Crippen LogP contribution in [0.5, 0.6) is 0 Å². The first-order valence-electron chi connectivity index (χ1n) is 8.31. The molecule has 2 saturated heterocycles. The maximum Gasteiger partial charge on any atom is 0.281 e. The number of thiazole rings is 1. The van der Waals surface area contributed by atoms with Gasteiger partial charge in [-0.3, -0.25) is 4.90 Å². The number of halogens is 2. The number of nitriles is 1. The van der Waals surface area contributed by atoms with Crippen LogP contribution in [0.2, 0.25) is 0 Å². The molecule has 8 heteroatoms. The molecule has 0 spiro atoms. The van der Waals surface area contributed by atoms with E-state index in [1.807, 2.05) is 4.90 Å². The van der Waals surface area contributed by atoms with E-state index in [4.69, 9.17) is 9.47 Å². The summed E-state index contributed by atoms with van der Waals surface area (Å²) < 4.78 is 37.6. The Morgan fingerprint density at radius 1 is 1.33 bits per heavy atom. The molecule has 0 amide bonds.